The smallest absolute Gasteiger partial charge is 0.254 e. The van der Waals surface area contributed by atoms with Gasteiger partial charge in [-0.15, -0.1) is 0 Å². The third-order valence-electron chi connectivity index (χ3n) is 6.06. The number of hydrogen-bond donors (Lipinski definition) is 2. The van der Waals surface area contributed by atoms with Crippen molar-refractivity contribution >= 4 is 17.4 Å². The van der Waals surface area contributed by atoms with Crippen molar-refractivity contribution in [1.82, 2.24) is 5.32 Å². The summed E-state index contributed by atoms with van der Waals surface area (Å²) in [5.41, 5.74) is 3.27. The summed E-state index contributed by atoms with van der Waals surface area (Å²) in [5, 5.41) is 6.01. The van der Waals surface area contributed by atoms with Crippen LogP contribution in [0.2, 0.25) is 0 Å². The molecule has 0 saturated carbocycles. The number of halogens is 1. The molecule has 166 valence electrons. The monoisotopic (exact) mass is 434 g/mol. The van der Waals surface area contributed by atoms with Crippen LogP contribution >= 0.6 is 0 Å². The minimum absolute atomic E-state index is 0.0215. The SMILES string of the molecule is COc1ccc(C2C(C(=O)Nc3ccccc3F)=C(C)NC3=C2C(=O)CC(C)(C)C3)cc1. The normalized spacial score (nSPS) is 19.9. The van der Waals surface area contributed by atoms with E-state index in [4.69, 9.17) is 4.74 Å². The van der Waals surface area contributed by atoms with Crippen LogP contribution in [0.4, 0.5) is 10.1 Å². The molecule has 2 aromatic carbocycles. The number of benzene rings is 2. The van der Waals surface area contributed by atoms with Crippen LogP contribution in [0, 0.1) is 11.2 Å². The molecule has 5 nitrogen and oxygen atoms in total. The molecular formula is C26H27FN2O3. The molecule has 2 aliphatic rings. The number of nitrogens with one attached hydrogen (secondary N) is 2. The summed E-state index contributed by atoms with van der Waals surface area (Å²) in [4.78, 5) is 26.7. The largest absolute Gasteiger partial charge is 0.497 e. The summed E-state index contributed by atoms with van der Waals surface area (Å²) in [7, 11) is 1.59. The molecule has 4 rings (SSSR count). The first kappa shape index (κ1) is 21.8. The Morgan fingerprint density at radius 1 is 1.12 bits per heavy atom. The molecule has 0 saturated heterocycles. The number of rotatable bonds is 4. The van der Waals surface area contributed by atoms with Crippen LogP contribution in [0.1, 0.15) is 45.1 Å². The van der Waals surface area contributed by atoms with Gasteiger partial charge in [0.2, 0.25) is 0 Å². The van der Waals surface area contributed by atoms with Crippen molar-refractivity contribution in [1.29, 1.82) is 0 Å². The molecule has 0 aromatic heterocycles. The summed E-state index contributed by atoms with van der Waals surface area (Å²) in [6, 6.07) is 13.4. The number of Topliss-reactive ketones (excluding diaryl/α,β-unsaturated/α-hetero) is 1. The zero-order valence-corrected chi connectivity index (χ0v) is 18.7. The van der Waals surface area contributed by atoms with Gasteiger partial charge in [0.15, 0.2) is 5.78 Å². The van der Waals surface area contributed by atoms with Gasteiger partial charge in [0.1, 0.15) is 11.6 Å². The summed E-state index contributed by atoms with van der Waals surface area (Å²) < 4.78 is 19.5. The van der Waals surface area contributed by atoms with Crippen LogP contribution < -0.4 is 15.4 Å². The van der Waals surface area contributed by atoms with Gasteiger partial charge >= 0.3 is 0 Å². The standard InChI is InChI=1S/C26H27FN2O3/c1-15-22(25(31)29-19-8-6-5-7-18(19)27)23(16-9-11-17(32-4)12-10-16)24-20(28-15)13-26(2,3)14-21(24)30/h5-12,23,28H,13-14H2,1-4H3,(H,29,31). The highest BCUT2D eigenvalue weighted by Crippen LogP contribution is 2.46. The van der Waals surface area contributed by atoms with Crippen LogP contribution in [-0.4, -0.2) is 18.8 Å². The average Bonchev–Trinajstić information content (AvgIpc) is 2.73. The lowest BCUT2D eigenvalue weighted by Gasteiger charge is -2.39. The molecule has 0 spiro atoms. The number of ketones is 1. The van der Waals surface area contributed by atoms with Crippen molar-refractivity contribution in [2.45, 2.75) is 39.5 Å². The van der Waals surface area contributed by atoms with E-state index in [-0.39, 0.29) is 16.9 Å². The molecule has 1 amide bonds. The van der Waals surface area contributed by atoms with Crippen molar-refractivity contribution in [2.24, 2.45) is 5.41 Å². The van der Waals surface area contributed by atoms with E-state index in [1.54, 1.807) is 19.2 Å². The van der Waals surface area contributed by atoms with E-state index in [1.165, 1.54) is 12.1 Å². The molecule has 1 aliphatic heterocycles. The summed E-state index contributed by atoms with van der Waals surface area (Å²) in [5.74, 6) is -0.795. The molecule has 0 fully saturated rings. The molecule has 2 aromatic rings. The molecule has 0 bridgehead atoms. The number of ether oxygens (including phenoxy) is 1. The Hall–Kier alpha value is -3.41. The quantitative estimate of drug-likeness (QED) is 0.705. The number of para-hydroxylation sites is 1. The number of hydrogen-bond acceptors (Lipinski definition) is 4. The molecule has 1 unspecified atom stereocenters. The lowest BCUT2D eigenvalue weighted by molar-refractivity contribution is -0.118. The third kappa shape index (κ3) is 4.05. The Labute approximate surface area is 187 Å². The zero-order chi connectivity index (χ0) is 23.0. The molecule has 1 heterocycles. The van der Waals surface area contributed by atoms with Crippen LogP contribution in [-0.2, 0) is 9.59 Å². The number of anilines is 1. The Balaban J connectivity index is 1.81. The van der Waals surface area contributed by atoms with Gasteiger partial charge < -0.3 is 15.4 Å². The molecule has 32 heavy (non-hydrogen) atoms. The van der Waals surface area contributed by atoms with E-state index in [0.717, 1.165) is 11.3 Å². The summed E-state index contributed by atoms with van der Waals surface area (Å²) in [6.45, 7) is 5.96. The van der Waals surface area contributed by atoms with E-state index < -0.39 is 17.6 Å². The second-order valence-electron chi connectivity index (χ2n) is 9.14. The predicted octanol–water partition coefficient (Wildman–Crippen LogP) is 5.08. The highest BCUT2D eigenvalue weighted by molar-refractivity contribution is 6.10. The van der Waals surface area contributed by atoms with Crippen molar-refractivity contribution in [3.05, 3.63) is 82.5 Å². The van der Waals surface area contributed by atoms with Gasteiger partial charge in [0.05, 0.1) is 12.8 Å². The fourth-order valence-corrected chi connectivity index (χ4v) is 4.62. The molecule has 0 radical (unpaired) electrons. The second kappa shape index (κ2) is 8.26. The minimum atomic E-state index is -0.549. The average molecular weight is 435 g/mol. The van der Waals surface area contributed by atoms with Crippen LogP contribution in [0.15, 0.2) is 71.1 Å². The van der Waals surface area contributed by atoms with Gasteiger partial charge in [-0.1, -0.05) is 38.1 Å². The Kier molecular flexibility index (Phi) is 5.63. The fraction of sp³-hybridized carbons (Fsp3) is 0.308. The van der Waals surface area contributed by atoms with Gasteiger partial charge in [0, 0.05) is 34.9 Å². The van der Waals surface area contributed by atoms with Gasteiger partial charge in [0.25, 0.3) is 5.91 Å². The predicted molar refractivity (Wildman–Crippen MR) is 122 cm³/mol. The summed E-state index contributed by atoms with van der Waals surface area (Å²) >= 11 is 0. The Bertz CT molecular complexity index is 1150. The number of amides is 1. The van der Waals surface area contributed by atoms with Crippen molar-refractivity contribution < 1.29 is 18.7 Å². The maximum absolute atomic E-state index is 14.2. The van der Waals surface area contributed by atoms with Gasteiger partial charge in [-0.05, 0) is 48.6 Å². The maximum atomic E-state index is 14.2. The maximum Gasteiger partial charge on any atom is 0.254 e. The third-order valence-corrected chi connectivity index (χ3v) is 6.06. The molecule has 2 N–H and O–H groups in total. The van der Waals surface area contributed by atoms with Gasteiger partial charge in [-0.3, -0.25) is 9.59 Å². The van der Waals surface area contributed by atoms with Gasteiger partial charge in [-0.25, -0.2) is 4.39 Å². The van der Waals surface area contributed by atoms with E-state index in [0.29, 0.717) is 35.4 Å². The highest BCUT2D eigenvalue weighted by atomic mass is 19.1. The molecule has 1 aliphatic carbocycles. The van der Waals surface area contributed by atoms with Crippen molar-refractivity contribution in [3.8, 4) is 5.75 Å². The summed E-state index contributed by atoms with van der Waals surface area (Å²) in [6.07, 6.45) is 1.11. The first-order valence-corrected chi connectivity index (χ1v) is 10.6. The van der Waals surface area contributed by atoms with E-state index in [9.17, 15) is 14.0 Å². The molecule has 1 atom stereocenters. The Morgan fingerprint density at radius 3 is 2.47 bits per heavy atom. The van der Waals surface area contributed by atoms with E-state index in [1.807, 2.05) is 31.2 Å². The number of carbonyl (C=O) groups is 2. The fourth-order valence-electron chi connectivity index (χ4n) is 4.62. The van der Waals surface area contributed by atoms with Crippen LogP contribution in [0.3, 0.4) is 0 Å². The van der Waals surface area contributed by atoms with Crippen molar-refractivity contribution in [2.75, 3.05) is 12.4 Å². The number of allylic oxidation sites excluding steroid dienone is 3. The second-order valence-corrected chi connectivity index (χ2v) is 9.14. The Morgan fingerprint density at radius 2 is 1.81 bits per heavy atom. The molecular weight excluding hydrogens is 407 g/mol. The number of methoxy groups -OCH3 is 1. The van der Waals surface area contributed by atoms with E-state index >= 15 is 0 Å². The lowest BCUT2D eigenvalue weighted by Crippen LogP contribution is -2.39. The minimum Gasteiger partial charge on any atom is -0.497 e. The topological polar surface area (TPSA) is 67.4 Å². The van der Waals surface area contributed by atoms with Crippen LogP contribution in [0.25, 0.3) is 0 Å². The number of dihydropyridines is 1. The van der Waals surface area contributed by atoms with E-state index in [2.05, 4.69) is 24.5 Å². The van der Waals surface area contributed by atoms with Gasteiger partial charge in [-0.2, -0.15) is 0 Å². The lowest BCUT2D eigenvalue weighted by atomic mass is 9.68. The van der Waals surface area contributed by atoms with Crippen molar-refractivity contribution in [3.63, 3.8) is 0 Å². The molecule has 6 heteroatoms. The van der Waals surface area contributed by atoms with Crippen LogP contribution in [0.5, 0.6) is 5.75 Å². The first-order valence-electron chi connectivity index (χ1n) is 10.6. The first-order chi connectivity index (χ1) is 15.2. The highest BCUT2D eigenvalue weighted by Gasteiger charge is 2.42. The zero-order valence-electron chi connectivity index (χ0n) is 18.7. The number of carbonyl (C=O) groups excluding carboxylic acids is 2.